The smallest absolute Gasteiger partial charge is 0.295 e. The Labute approximate surface area is 156 Å². The molecule has 3 rings (SSSR count). The predicted octanol–water partition coefficient (Wildman–Crippen LogP) is 5.38. The normalized spacial score (nSPS) is 18.5. The summed E-state index contributed by atoms with van der Waals surface area (Å²) in [4.78, 5) is 10.4. The molecule has 0 aromatic heterocycles. The van der Waals surface area contributed by atoms with E-state index in [9.17, 15) is 4.79 Å². The zero-order valence-corrected chi connectivity index (χ0v) is 15.3. The lowest BCUT2D eigenvalue weighted by molar-refractivity contribution is -0.133. The number of rotatable bonds is 12. The van der Waals surface area contributed by atoms with Crippen LogP contribution in [0.15, 0.2) is 54.6 Å². The van der Waals surface area contributed by atoms with Gasteiger partial charge in [-0.25, -0.2) is 0 Å². The molecule has 1 aliphatic rings. The predicted molar refractivity (Wildman–Crippen MR) is 103 cm³/mol. The van der Waals surface area contributed by atoms with Crippen LogP contribution in [0.25, 0.3) is 0 Å². The zero-order chi connectivity index (χ0) is 18.0. The first-order chi connectivity index (χ1) is 12.9. The minimum absolute atomic E-state index is 0.0746. The Bertz CT molecular complexity index is 668. The summed E-state index contributed by atoms with van der Waals surface area (Å²) in [6.45, 7) is 0.463. The highest BCUT2D eigenvalue weighted by Gasteiger charge is 2.43. The first kappa shape index (κ1) is 18.7. The lowest BCUT2D eigenvalue weighted by Crippen LogP contribution is -1.98. The fourth-order valence-electron chi connectivity index (χ4n) is 3.51. The Kier molecular flexibility index (Phi) is 7.26. The van der Waals surface area contributed by atoms with Crippen molar-refractivity contribution in [1.82, 2.24) is 0 Å². The van der Waals surface area contributed by atoms with Crippen molar-refractivity contribution >= 4 is 6.47 Å². The monoisotopic (exact) mass is 352 g/mol. The standard InChI is InChI=1S/C23H28O3/c24-18-25-23-22(26-23)21-17-11-10-16-20(21)15-9-4-2-1-3-6-12-19-13-7-5-8-14-19/h5,7-8,10-11,13-14,16-18,22-23H,1-4,6,9,12,15H2/t22?,23-/m0/s1. The second-order valence-corrected chi connectivity index (χ2v) is 6.96. The van der Waals surface area contributed by atoms with Gasteiger partial charge in [-0.3, -0.25) is 4.79 Å². The van der Waals surface area contributed by atoms with Crippen LogP contribution in [0.4, 0.5) is 0 Å². The molecule has 1 heterocycles. The Morgan fingerprint density at radius 3 is 2.23 bits per heavy atom. The molecule has 26 heavy (non-hydrogen) atoms. The molecule has 0 bridgehead atoms. The molecule has 0 N–H and O–H groups in total. The minimum Gasteiger partial charge on any atom is -0.435 e. The number of carbonyl (C=O) groups excluding carboxylic acids is 1. The number of unbranched alkanes of at least 4 members (excludes halogenated alkanes) is 5. The van der Waals surface area contributed by atoms with Gasteiger partial charge >= 0.3 is 0 Å². The first-order valence-corrected chi connectivity index (χ1v) is 9.75. The molecule has 3 heteroatoms. The van der Waals surface area contributed by atoms with Crippen molar-refractivity contribution in [1.29, 1.82) is 0 Å². The van der Waals surface area contributed by atoms with Crippen molar-refractivity contribution in [2.75, 3.05) is 0 Å². The van der Waals surface area contributed by atoms with Crippen molar-refractivity contribution in [3.8, 4) is 0 Å². The van der Waals surface area contributed by atoms with E-state index < -0.39 is 6.29 Å². The van der Waals surface area contributed by atoms with Gasteiger partial charge < -0.3 is 9.47 Å². The summed E-state index contributed by atoms with van der Waals surface area (Å²) < 4.78 is 10.3. The van der Waals surface area contributed by atoms with Gasteiger partial charge in [-0.05, 0) is 42.4 Å². The molecule has 1 fully saturated rings. The Balaban J connectivity index is 1.29. The molecule has 3 nitrogen and oxygen atoms in total. The van der Waals surface area contributed by atoms with E-state index in [0.29, 0.717) is 6.47 Å². The van der Waals surface area contributed by atoms with E-state index in [1.807, 2.05) is 6.07 Å². The number of aryl methyl sites for hydroxylation is 2. The Hall–Kier alpha value is -2.13. The van der Waals surface area contributed by atoms with E-state index in [2.05, 4.69) is 48.5 Å². The number of hydrogen-bond acceptors (Lipinski definition) is 3. The maximum Gasteiger partial charge on any atom is 0.295 e. The van der Waals surface area contributed by atoms with Crippen molar-refractivity contribution in [2.24, 2.45) is 0 Å². The largest absolute Gasteiger partial charge is 0.435 e. The molecular weight excluding hydrogens is 324 g/mol. The van der Waals surface area contributed by atoms with Crippen LogP contribution in [0, 0.1) is 0 Å². The van der Waals surface area contributed by atoms with Gasteiger partial charge in [0, 0.05) is 0 Å². The Morgan fingerprint density at radius 2 is 1.46 bits per heavy atom. The van der Waals surface area contributed by atoms with Crippen molar-refractivity contribution in [2.45, 2.75) is 63.8 Å². The lowest BCUT2D eigenvalue weighted by atomic mass is 9.98. The van der Waals surface area contributed by atoms with Crippen LogP contribution in [0.3, 0.4) is 0 Å². The van der Waals surface area contributed by atoms with Gasteiger partial charge in [-0.15, -0.1) is 0 Å². The van der Waals surface area contributed by atoms with Gasteiger partial charge in [0.2, 0.25) is 6.29 Å². The topological polar surface area (TPSA) is 38.8 Å². The maximum absolute atomic E-state index is 10.4. The highest BCUT2D eigenvalue weighted by molar-refractivity contribution is 5.39. The number of epoxide rings is 1. The summed E-state index contributed by atoms with van der Waals surface area (Å²) in [6.07, 6.45) is 9.46. The van der Waals surface area contributed by atoms with Gasteiger partial charge in [0.1, 0.15) is 6.10 Å². The third-order valence-corrected chi connectivity index (χ3v) is 5.01. The van der Waals surface area contributed by atoms with Gasteiger partial charge in [0.15, 0.2) is 0 Å². The molecule has 138 valence electrons. The molecule has 0 spiro atoms. The summed E-state index contributed by atoms with van der Waals surface area (Å²) in [5, 5.41) is 0. The molecular formula is C23H28O3. The van der Waals surface area contributed by atoms with Gasteiger partial charge in [0.05, 0.1) is 0 Å². The summed E-state index contributed by atoms with van der Waals surface area (Å²) in [6, 6.07) is 19.1. The number of benzene rings is 2. The maximum atomic E-state index is 10.4. The minimum atomic E-state index is -0.390. The average Bonchev–Trinajstić information content (AvgIpc) is 3.44. The molecule has 1 saturated heterocycles. The summed E-state index contributed by atoms with van der Waals surface area (Å²) >= 11 is 0. The van der Waals surface area contributed by atoms with Crippen molar-refractivity contribution in [3.63, 3.8) is 0 Å². The summed E-state index contributed by atoms with van der Waals surface area (Å²) in [7, 11) is 0. The number of hydrogen-bond donors (Lipinski definition) is 0. The fourth-order valence-corrected chi connectivity index (χ4v) is 3.51. The first-order valence-electron chi connectivity index (χ1n) is 9.75. The van der Waals surface area contributed by atoms with Crippen LogP contribution in [-0.4, -0.2) is 12.8 Å². The highest BCUT2D eigenvalue weighted by Crippen LogP contribution is 2.40. The summed E-state index contributed by atoms with van der Waals surface area (Å²) in [5.41, 5.74) is 3.93. The molecule has 0 saturated carbocycles. The average molecular weight is 352 g/mol. The highest BCUT2D eigenvalue weighted by atomic mass is 16.8. The van der Waals surface area contributed by atoms with E-state index in [1.165, 1.54) is 61.6 Å². The second kappa shape index (κ2) is 10.1. The fraction of sp³-hybridized carbons (Fsp3) is 0.435. The van der Waals surface area contributed by atoms with Crippen LogP contribution in [-0.2, 0) is 27.1 Å². The van der Waals surface area contributed by atoms with Crippen LogP contribution in [0.1, 0.15) is 61.3 Å². The van der Waals surface area contributed by atoms with E-state index in [4.69, 9.17) is 9.47 Å². The van der Waals surface area contributed by atoms with E-state index >= 15 is 0 Å². The van der Waals surface area contributed by atoms with Crippen LogP contribution < -0.4 is 0 Å². The lowest BCUT2D eigenvalue weighted by Gasteiger charge is -2.07. The molecule has 0 radical (unpaired) electrons. The van der Waals surface area contributed by atoms with E-state index in [-0.39, 0.29) is 6.10 Å². The number of carbonyl (C=O) groups is 1. The third kappa shape index (κ3) is 5.70. The second-order valence-electron chi connectivity index (χ2n) is 6.96. The molecule has 2 aromatic rings. The molecule has 0 aliphatic carbocycles. The Morgan fingerprint density at radius 1 is 0.808 bits per heavy atom. The molecule has 1 aliphatic heterocycles. The van der Waals surface area contributed by atoms with Gasteiger partial charge in [-0.1, -0.05) is 80.3 Å². The molecule has 0 amide bonds. The zero-order valence-electron chi connectivity index (χ0n) is 15.3. The van der Waals surface area contributed by atoms with Crippen LogP contribution in [0.5, 0.6) is 0 Å². The van der Waals surface area contributed by atoms with Crippen molar-refractivity contribution in [3.05, 3.63) is 71.3 Å². The van der Waals surface area contributed by atoms with Crippen LogP contribution in [0.2, 0.25) is 0 Å². The number of ether oxygens (including phenoxy) is 2. The van der Waals surface area contributed by atoms with Crippen LogP contribution >= 0.6 is 0 Å². The van der Waals surface area contributed by atoms with Crippen molar-refractivity contribution < 1.29 is 14.3 Å². The SMILES string of the molecule is O=CO[C@H]1OC1c1ccccc1CCCCCCCCc1ccccc1. The summed E-state index contributed by atoms with van der Waals surface area (Å²) in [5.74, 6) is 0. The quantitative estimate of drug-likeness (QED) is 0.292. The molecule has 2 aromatic carbocycles. The molecule has 2 atom stereocenters. The van der Waals surface area contributed by atoms with Gasteiger partial charge in [0.25, 0.3) is 6.47 Å². The van der Waals surface area contributed by atoms with E-state index in [0.717, 1.165) is 6.42 Å². The van der Waals surface area contributed by atoms with Gasteiger partial charge in [-0.2, -0.15) is 0 Å². The third-order valence-electron chi connectivity index (χ3n) is 5.01. The van der Waals surface area contributed by atoms with E-state index in [1.54, 1.807) is 0 Å². The molecule has 1 unspecified atom stereocenters.